The van der Waals surface area contributed by atoms with Crippen LogP contribution in [0.4, 0.5) is 15.8 Å². The second kappa shape index (κ2) is 6.70. The fraction of sp³-hybridized carbons (Fsp3) is 0.273. The Morgan fingerprint density at radius 1 is 1.17 bits per heavy atom. The molecule has 0 radical (unpaired) electrons. The number of benzene rings is 2. The van der Waals surface area contributed by atoms with Gasteiger partial charge in [-0.15, -0.1) is 0 Å². The molecule has 3 N–H and O–H groups in total. The molecule has 3 heterocycles. The highest BCUT2D eigenvalue weighted by molar-refractivity contribution is 5.98. The monoisotopic (exact) mass is 390 g/mol. The Morgan fingerprint density at radius 3 is 2.79 bits per heavy atom. The van der Waals surface area contributed by atoms with Crippen LogP contribution in [0.25, 0.3) is 33.3 Å². The van der Waals surface area contributed by atoms with Crippen LogP contribution in [0.15, 0.2) is 42.6 Å². The van der Waals surface area contributed by atoms with Crippen molar-refractivity contribution in [1.29, 1.82) is 0 Å². The van der Waals surface area contributed by atoms with Crippen molar-refractivity contribution in [2.45, 2.75) is 12.5 Å². The zero-order chi connectivity index (χ0) is 20.1. The van der Waals surface area contributed by atoms with E-state index < -0.39 is 0 Å². The third-order valence-corrected chi connectivity index (χ3v) is 5.85. The third kappa shape index (κ3) is 3.07. The number of hydrogen-bond donors (Lipinski definition) is 2. The van der Waals surface area contributed by atoms with Crippen molar-refractivity contribution < 1.29 is 4.39 Å². The second-order valence-electron chi connectivity index (χ2n) is 7.89. The largest absolute Gasteiger partial charge is 0.398 e. The summed E-state index contributed by atoms with van der Waals surface area (Å²) in [4.78, 5) is 17.2. The summed E-state index contributed by atoms with van der Waals surface area (Å²) in [6.45, 7) is 2.06. The van der Waals surface area contributed by atoms with E-state index in [0.717, 1.165) is 30.5 Å². The van der Waals surface area contributed by atoms with E-state index in [9.17, 15) is 4.39 Å². The van der Waals surface area contributed by atoms with Crippen molar-refractivity contribution in [2.75, 3.05) is 37.8 Å². The van der Waals surface area contributed by atoms with E-state index >= 15 is 0 Å². The highest BCUT2D eigenvalue weighted by Gasteiger charge is 2.24. The number of rotatable bonds is 3. The van der Waals surface area contributed by atoms with Gasteiger partial charge in [-0.1, -0.05) is 0 Å². The van der Waals surface area contributed by atoms with Gasteiger partial charge in [0, 0.05) is 36.4 Å². The fourth-order valence-electron chi connectivity index (χ4n) is 4.09. The number of nitrogens with one attached hydrogen (secondary N) is 1. The van der Waals surface area contributed by atoms with Gasteiger partial charge in [0.05, 0.1) is 27.8 Å². The maximum absolute atomic E-state index is 13.7. The number of fused-ring (bicyclic) bond motifs is 2. The van der Waals surface area contributed by atoms with E-state index in [1.54, 1.807) is 12.3 Å². The summed E-state index contributed by atoms with van der Waals surface area (Å²) in [7, 11) is 4.26. The highest BCUT2D eigenvalue weighted by atomic mass is 19.1. The normalized spacial score (nSPS) is 17.1. The maximum atomic E-state index is 13.7. The molecule has 4 aromatic rings. The number of nitrogen functional groups attached to an aromatic ring is 1. The zero-order valence-electron chi connectivity index (χ0n) is 16.5. The van der Waals surface area contributed by atoms with Gasteiger partial charge >= 0.3 is 0 Å². The summed E-state index contributed by atoms with van der Waals surface area (Å²) in [6.07, 6.45) is 2.85. The molecule has 0 bridgehead atoms. The number of pyridine rings is 1. The van der Waals surface area contributed by atoms with Gasteiger partial charge in [-0.2, -0.15) is 0 Å². The minimum Gasteiger partial charge on any atom is -0.398 e. The number of hydrogen-bond acceptors (Lipinski definition) is 5. The topological polar surface area (TPSA) is 74.1 Å². The minimum atomic E-state index is -0.334. The first kappa shape index (κ1) is 17.9. The van der Waals surface area contributed by atoms with Gasteiger partial charge in [0.2, 0.25) is 0 Å². The first-order chi connectivity index (χ1) is 14.0. The van der Waals surface area contributed by atoms with Crippen LogP contribution in [0.3, 0.4) is 0 Å². The van der Waals surface area contributed by atoms with E-state index in [1.165, 1.54) is 17.8 Å². The highest BCUT2D eigenvalue weighted by Crippen LogP contribution is 2.32. The Hall–Kier alpha value is -3.19. The Kier molecular flexibility index (Phi) is 4.13. The van der Waals surface area contributed by atoms with Crippen molar-refractivity contribution >= 4 is 33.3 Å². The van der Waals surface area contributed by atoms with Crippen molar-refractivity contribution in [1.82, 2.24) is 19.9 Å². The van der Waals surface area contributed by atoms with E-state index in [2.05, 4.69) is 51.0 Å². The van der Waals surface area contributed by atoms with Crippen LogP contribution in [0.5, 0.6) is 0 Å². The summed E-state index contributed by atoms with van der Waals surface area (Å²) in [5.41, 5.74) is 11.1. The van der Waals surface area contributed by atoms with Crippen LogP contribution in [-0.2, 0) is 0 Å². The molecule has 6 nitrogen and oxygen atoms in total. The SMILES string of the molecule is CN(C)C1CCN(c2ccc3nc(-c4cnc5ccc(F)cc5c4N)[nH]c3c2)C1. The molecule has 1 aliphatic rings. The Labute approximate surface area is 168 Å². The molecule has 0 spiro atoms. The number of halogens is 1. The average Bonchev–Trinajstić information content (AvgIpc) is 3.35. The molecule has 1 atom stereocenters. The van der Waals surface area contributed by atoms with Crippen LogP contribution >= 0.6 is 0 Å². The standard InChI is InChI=1S/C22H23FN6/c1-28(2)15-7-8-29(12-15)14-4-6-19-20(10-14)27-22(26-19)17-11-25-18-5-3-13(23)9-16(18)21(17)24/h3-6,9-11,15H,7-8,12H2,1-2H3,(H2,24,25)(H,26,27). The molecule has 2 aromatic heterocycles. The van der Waals surface area contributed by atoms with Crippen LogP contribution in [0.1, 0.15) is 6.42 Å². The minimum absolute atomic E-state index is 0.334. The predicted octanol–water partition coefficient (Wildman–Crippen LogP) is 3.64. The smallest absolute Gasteiger partial charge is 0.142 e. The third-order valence-electron chi connectivity index (χ3n) is 5.85. The summed E-state index contributed by atoms with van der Waals surface area (Å²) in [6, 6.07) is 11.3. The van der Waals surface area contributed by atoms with Crippen molar-refractivity contribution in [2.24, 2.45) is 0 Å². The summed E-state index contributed by atoms with van der Waals surface area (Å²) < 4.78 is 13.7. The predicted molar refractivity (Wildman–Crippen MR) is 116 cm³/mol. The lowest BCUT2D eigenvalue weighted by atomic mass is 10.1. The number of imidazole rings is 1. The quantitative estimate of drug-likeness (QED) is 0.559. The lowest BCUT2D eigenvalue weighted by Crippen LogP contribution is -2.31. The van der Waals surface area contributed by atoms with E-state index in [4.69, 9.17) is 5.73 Å². The molecule has 0 amide bonds. The van der Waals surface area contributed by atoms with E-state index in [0.29, 0.717) is 34.0 Å². The Bertz CT molecular complexity index is 1210. The summed E-state index contributed by atoms with van der Waals surface area (Å²) in [5, 5.41) is 0.593. The number of likely N-dealkylation sites (N-methyl/N-ethyl adjacent to an activating group) is 1. The number of nitrogens with two attached hydrogens (primary N) is 1. The van der Waals surface area contributed by atoms with Gasteiger partial charge in [-0.3, -0.25) is 4.98 Å². The zero-order valence-corrected chi connectivity index (χ0v) is 16.5. The van der Waals surface area contributed by atoms with Gasteiger partial charge in [0.25, 0.3) is 0 Å². The molecule has 148 valence electrons. The van der Waals surface area contributed by atoms with Gasteiger partial charge < -0.3 is 20.5 Å². The molecule has 0 aliphatic carbocycles. The number of H-pyrrole nitrogens is 1. The number of aromatic amines is 1. The Balaban J connectivity index is 1.52. The van der Waals surface area contributed by atoms with Crippen LogP contribution < -0.4 is 10.6 Å². The molecule has 1 fully saturated rings. The molecule has 1 saturated heterocycles. The summed E-state index contributed by atoms with van der Waals surface area (Å²) in [5.74, 6) is 0.306. The van der Waals surface area contributed by atoms with E-state index in [1.807, 2.05) is 6.07 Å². The summed E-state index contributed by atoms with van der Waals surface area (Å²) >= 11 is 0. The van der Waals surface area contributed by atoms with Crippen LogP contribution in [0, 0.1) is 5.82 Å². The van der Waals surface area contributed by atoms with Crippen molar-refractivity contribution in [3.8, 4) is 11.4 Å². The molecular formula is C22H23FN6. The molecular weight excluding hydrogens is 367 g/mol. The first-order valence-corrected chi connectivity index (χ1v) is 9.75. The Morgan fingerprint density at radius 2 is 2.00 bits per heavy atom. The molecule has 5 rings (SSSR count). The van der Waals surface area contributed by atoms with Crippen molar-refractivity contribution in [3.05, 3.63) is 48.4 Å². The van der Waals surface area contributed by atoms with Gasteiger partial charge in [0.15, 0.2) is 0 Å². The lowest BCUT2D eigenvalue weighted by Gasteiger charge is -2.21. The van der Waals surface area contributed by atoms with Gasteiger partial charge in [-0.25, -0.2) is 9.37 Å². The maximum Gasteiger partial charge on any atom is 0.142 e. The first-order valence-electron chi connectivity index (χ1n) is 9.75. The van der Waals surface area contributed by atoms with Gasteiger partial charge in [-0.05, 0) is 56.9 Å². The number of nitrogens with zero attached hydrogens (tertiary/aromatic N) is 4. The van der Waals surface area contributed by atoms with Crippen molar-refractivity contribution in [3.63, 3.8) is 0 Å². The molecule has 29 heavy (non-hydrogen) atoms. The number of aromatic nitrogens is 3. The van der Waals surface area contributed by atoms with E-state index in [-0.39, 0.29) is 5.82 Å². The molecule has 7 heteroatoms. The van der Waals surface area contributed by atoms with Gasteiger partial charge in [0.1, 0.15) is 11.6 Å². The van der Waals surface area contributed by atoms with Crippen LogP contribution in [-0.4, -0.2) is 53.1 Å². The second-order valence-corrected chi connectivity index (χ2v) is 7.89. The lowest BCUT2D eigenvalue weighted by molar-refractivity contribution is 0.315. The fourth-order valence-corrected chi connectivity index (χ4v) is 4.09. The molecule has 2 aromatic carbocycles. The molecule has 0 saturated carbocycles. The number of anilines is 2. The average molecular weight is 390 g/mol. The molecule has 1 unspecified atom stereocenters. The van der Waals surface area contributed by atoms with Crippen LogP contribution in [0.2, 0.25) is 0 Å². The molecule has 1 aliphatic heterocycles.